The van der Waals surface area contributed by atoms with Gasteiger partial charge in [0.15, 0.2) is 10.9 Å². The van der Waals surface area contributed by atoms with Crippen LogP contribution in [-0.4, -0.2) is 26.6 Å². The molecule has 3 aromatic rings. The maximum atomic E-state index is 13.0. The van der Waals surface area contributed by atoms with Crippen LogP contribution < -0.4 is 0 Å². The molecule has 6 heteroatoms. The van der Waals surface area contributed by atoms with E-state index in [-0.39, 0.29) is 39.3 Å². The van der Waals surface area contributed by atoms with E-state index in [0.29, 0.717) is 11.3 Å². The zero-order valence-corrected chi connectivity index (χ0v) is 21.2. The van der Waals surface area contributed by atoms with Crippen molar-refractivity contribution in [2.75, 3.05) is 5.75 Å². The van der Waals surface area contributed by atoms with Crippen molar-refractivity contribution in [1.82, 2.24) is 9.97 Å². The summed E-state index contributed by atoms with van der Waals surface area (Å²) in [6.07, 6.45) is 0. The summed E-state index contributed by atoms with van der Waals surface area (Å²) in [5.41, 5.74) is 4.78. The van der Waals surface area contributed by atoms with E-state index in [9.17, 15) is 9.90 Å². The molecular weight excluding hydrogens is 460 g/mol. The van der Waals surface area contributed by atoms with E-state index in [1.165, 1.54) is 17.3 Å². The van der Waals surface area contributed by atoms with E-state index >= 15 is 0 Å². The number of hydrogen-bond donors (Lipinski definition) is 2. The molecule has 0 saturated carbocycles. The molecular formula is C24H31BrN2O2S. The largest absolute Gasteiger partial charge is 0.507 e. The highest BCUT2D eigenvalue weighted by atomic mass is 79.9. The first-order valence-electron chi connectivity index (χ1n) is 9.86. The minimum absolute atomic E-state index is 0. The van der Waals surface area contributed by atoms with Gasteiger partial charge in [0.1, 0.15) is 5.75 Å². The number of aromatic nitrogens is 2. The molecule has 2 N–H and O–H groups in total. The summed E-state index contributed by atoms with van der Waals surface area (Å²) in [5.74, 6) is 0.612. The molecule has 162 valence electrons. The molecule has 4 nitrogen and oxygen atoms in total. The number of aryl methyl sites for hydroxylation is 1. The maximum Gasteiger partial charge on any atom is 0.173 e. The molecule has 0 aliphatic heterocycles. The lowest BCUT2D eigenvalue weighted by molar-refractivity contribution is 0.102. The Hall–Kier alpha value is -1.79. The van der Waals surface area contributed by atoms with Gasteiger partial charge >= 0.3 is 0 Å². The number of phenolic OH excluding ortho intramolecular Hbond substituents is 1. The number of Topliss-reactive ketones (excluding diaryl/α,β-unsaturated/α-hetero) is 1. The van der Waals surface area contributed by atoms with Crippen LogP contribution in [0.1, 0.15) is 68.6 Å². The van der Waals surface area contributed by atoms with Crippen LogP contribution in [0.25, 0.3) is 11.0 Å². The average molecular weight is 491 g/mol. The van der Waals surface area contributed by atoms with Crippen LogP contribution in [0.5, 0.6) is 5.75 Å². The number of rotatable bonds is 4. The Morgan fingerprint density at radius 3 is 2.13 bits per heavy atom. The molecule has 1 heterocycles. The highest BCUT2D eigenvalue weighted by molar-refractivity contribution is 8.93. The molecule has 0 aliphatic carbocycles. The van der Waals surface area contributed by atoms with Gasteiger partial charge in [0, 0.05) is 16.7 Å². The number of benzene rings is 2. The van der Waals surface area contributed by atoms with Crippen molar-refractivity contribution in [3.05, 3.63) is 52.6 Å². The van der Waals surface area contributed by atoms with E-state index in [1.807, 2.05) is 72.7 Å². The predicted octanol–water partition coefficient (Wildman–Crippen LogP) is 6.72. The molecule has 1 aromatic heterocycles. The van der Waals surface area contributed by atoms with Crippen molar-refractivity contribution in [1.29, 1.82) is 0 Å². The Morgan fingerprint density at radius 2 is 1.60 bits per heavy atom. The highest BCUT2D eigenvalue weighted by Gasteiger charge is 2.27. The zero-order valence-electron chi connectivity index (χ0n) is 18.7. The molecule has 0 fully saturated rings. The number of nitrogens with one attached hydrogen (secondary N) is 1. The summed E-state index contributed by atoms with van der Waals surface area (Å²) in [4.78, 5) is 20.9. The third kappa shape index (κ3) is 5.27. The Balaban J connectivity index is 0.00000320. The number of carbonyl (C=O) groups is 1. The number of halogens is 1. The molecule has 0 saturated heterocycles. The number of H-pyrrole nitrogens is 1. The number of aromatic hydroxyl groups is 1. The molecule has 0 radical (unpaired) electrons. The SMILES string of the molecule is Br.Cc1ccc2nc(SCC(=O)c3cc(C(C)(C)C)c(O)c(C(C)(C)C)c3)[nH]c2c1. The molecule has 30 heavy (non-hydrogen) atoms. The Labute approximate surface area is 193 Å². The molecule has 0 aliphatic rings. The number of imidazole rings is 1. The fourth-order valence-corrected chi connectivity index (χ4v) is 4.10. The van der Waals surface area contributed by atoms with Crippen LogP contribution in [-0.2, 0) is 10.8 Å². The van der Waals surface area contributed by atoms with Gasteiger partial charge in [-0.2, -0.15) is 0 Å². The van der Waals surface area contributed by atoms with Crippen LogP contribution >= 0.6 is 28.7 Å². The fourth-order valence-electron chi connectivity index (χ4n) is 3.32. The van der Waals surface area contributed by atoms with Crippen molar-refractivity contribution in [2.45, 2.75) is 64.5 Å². The van der Waals surface area contributed by atoms with Crippen LogP contribution in [0.2, 0.25) is 0 Å². The number of carbonyl (C=O) groups excluding carboxylic acids is 1. The van der Waals surface area contributed by atoms with E-state index in [4.69, 9.17) is 0 Å². The van der Waals surface area contributed by atoms with Gasteiger partial charge in [0.2, 0.25) is 0 Å². The third-order valence-corrected chi connectivity index (χ3v) is 5.88. The lowest BCUT2D eigenvalue weighted by Gasteiger charge is -2.28. The molecule has 0 bridgehead atoms. The molecule has 3 rings (SSSR count). The average Bonchev–Trinajstić information content (AvgIpc) is 2.99. The molecule has 2 aromatic carbocycles. The summed E-state index contributed by atoms with van der Waals surface area (Å²) in [6.45, 7) is 14.3. The van der Waals surface area contributed by atoms with Crippen LogP contribution in [0.15, 0.2) is 35.5 Å². The summed E-state index contributed by atoms with van der Waals surface area (Å²) >= 11 is 1.41. The van der Waals surface area contributed by atoms with Crippen molar-refractivity contribution < 1.29 is 9.90 Å². The summed E-state index contributed by atoms with van der Waals surface area (Å²) in [7, 11) is 0. The third-order valence-electron chi connectivity index (χ3n) is 5.00. The van der Waals surface area contributed by atoms with E-state index in [1.54, 1.807) is 0 Å². The minimum atomic E-state index is -0.260. The second-order valence-corrected chi connectivity index (χ2v) is 10.7. The van der Waals surface area contributed by atoms with Crippen molar-refractivity contribution in [2.24, 2.45) is 0 Å². The monoisotopic (exact) mass is 490 g/mol. The second kappa shape index (κ2) is 8.75. The van der Waals surface area contributed by atoms with E-state index < -0.39 is 0 Å². The number of fused-ring (bicyclic) bond motifs is 1. The highest BCUT2D eigenvalue weighted by Crippen LogP contribution is 2.40. The van der Waals surface area contributed by atoms with Crippen molar-refractivity contribution in [3.63, 3.8) is 0 Å². The van der Waals surface area contributed by atoms with Gasteiger partial charge in [-0.05, 0) is 47.6 Å². The van der Waals surface area contributed by atoms with Gasteiger partial charge in [-0.3, -0.25) is 4.79 Å². The van der Waals surface area contributed by atoms with Gasteiger partial charge in [-0.25, -0.2) is 4.98 Å². The number of aromatic amines is 1. The van der Waals surface area contributed by atoms with E-state index in [2.05, 4.69) is 16.0 Å². The number of hydrogen-bond acceptors (Lipinski definition) is 4. The number of nitrogens with zero attached hydrogens (tertiary/aromatic N) is 1. The number of ketones is 1. The number of phenols is 1. The Bertz CT molecular complexity index is 1040. The molecule has 0 atom stereocenters. The molecule has 0 spiro atoms. The second-order valence-electron chi connectivity index (χ2n) is 9.69. The number of thioether (sulfide) groups is 1. The van der Waals surface area contributed by atoms with Gasteiger partial charge in [-0.15, -0.1) is 17.0 Å². The zero-order chi connectivity index (χ0) is 21.6. The van der Waals surface area contributed by atoms with Crippen LogP contribution in [0.4, 0.5) is 0 Å². The fraction of sp³-hybridized carbons (Fsp3) is 0.417. The first kappa shape index (κ1) is 24.5. The Morgan fingerprint density at radius 1 is 1.03 bits per heavy atom. The normalized spacial score (nSPS) is 12.1. The van der Waals surface area contributed by atoms with Gasteiger partial charge in [0.05, 0.1) is 16.8 Å². The first-order chi connectivity index (χ1) is 13.4. The molecule has 0 unspecified atom stereocenters. The lowest BCUT2D eigenvalue weighted by Crippen LogP contribution is -2.19. The smallest absolute Gasteiger partial charge is 0.173 e. The summed E-state index contributed by atoms with van der Waals surface area (Å²) < 4.78 is 0. The van der Waals surface area contributed by atoms with Crippen molar-refractivity contribution >= 4 is 45.6 Å². The van der Waals surface area contributed by atoms with Gasteiger partial charge < -0.3 is 10.1 Å². The van der Waals surface area contributed by atoms with Crippen LogP contribution in [0, 0.1) is 6.92 Å². The standard InChI is InChI=1S/C24H30N2O2S.BrH/c1-14-8-9-18-19(10-14)26-22(25-18)29-13-20(27)15-11-16(23(2,3)4)21(28)17(12-15)24(5,6)7;/h8-12,28H,13H2,1-7H3,(H,25,26);1H. The summed E-state index contributed by atoms with van der Waals surface area (Å²) in [6, 6.07) is 9.75. The molecule has 0 amide bonds. The lowest BCUT2D eigenvalue weighted by atomic mass is 9.78. The first-order valence-corrected chi connectivity index (χ1v) is 10.8. The van der Waals surface area contributed by atoms with Gasteiger partial charge in [-0.1, -0.05) is 59.4 Å². The summed E-state index contributed by atoms with van der Waals surface area (Å²) in [5, 5.41) is 11.6. The Kier molecular flexibility index (Phi) is 7.14. The quantitative estimate of drug-likeness (QED) is 0.314. The van der Waals surface area contributed by atoms with E-state index in [0.717, 1.165) is 27.3 Å². The van der Waals surface area contributed by atoms with Gasteiger partial charge in [0.25, 0.3) is 0 Å². The van der Waals surface area contributed by atoms with Crippen molar-refractivity contribution in [3.8, 4) is 5.75 Å². The van der Waals surface area contributed by atoms with Crippen LogP contribution in [0.3, 0.4) is 0 Å². The predicted molar refractivity (Wildman–Crippen MR) is 132 cm³/mol. The maximum absolute atomic E-state index is 13.0. The minimum Gasteiger partial charge on any atom is -0.507 e. The topological polar surface area (TPSA) is 66.0 Å².